The number of rotatable bonds is 3. The lowest BCUT2D eigenvalue weighted by atomic mass is 9.86. The highest BCUT2D eigenvalue weighted by atomic mass is 19.4. The highest BCUT2D eigenvalue weighted by molar-refractivity contribution is 5.82. The first-order valence-corrected chi connectivity index (χ1v) is 6.74. The first kappa shape index (κ1) is 16.5. The van der Waals surface area contributed by atoms with Crippen molar-refractivity contribution < 1.29 is 27.1 Å². The molecule has 4 nitrogen and oxygen atoms in total. The minimum Gasteiger partial charge on any atom is -0.494 e. The van der Waals surface area contributed by atoms with Gasteiger partial charge in [0.2, 0.25) is 0 Å². The van der Waals surface area contributed by atoms with Crippen molar-refractivity contribution >= 4 is 5.91 Å². The van der Waals surface area contributed by atoms with Crippen molar-refractivity contribution in [1.29, 1.82) is 0 Å². The van der Waals surface area contributed by atoms with Crippen LogP contribution in [0.25, 0.3) is 0 Å². The maximum Gasteiger partial charge on any atom is 0.471 e. The van der Waals surface area contributed by atoms with E-state index in [4.69, 9.17) is 4.74 Å². The van der Waals surface area contributed by atoms with E-state index < -0.39 is 29.9 Å². The molecule has 0 bridgehead atoms. The Kier molecular flexibility index (Phi) is 4.90. The zero-order valence-corrected chi connectivity index (χ0v) is 11.8. The summed E-state index contributed by atoms with van der Waals surface area (Å²) in [4.78, 5) is 11.1. The zero-order chi connectivity index (χ0) is 16.3. The Labute approximate surface area is 124 Å². The molecule has 1 aromatic carbocycles. The summed E-state index contributed by atoms with van der Waals surface area (Å²) < 4.78 is 55.8. The molecule has 1 fully saturated rings. The standard InChI is InChI=1S/C14H16F4N2O2/c1-22-12-3-2-8(6-10(12)15)9-4-5-19-7-11(9)20-13(21)14(16,17)18/h2-3,6,9,11,19H,4-5,7H2,1H3,(H,20,21)/t9-,11+/m0/s1. The molecule has 1 aromatic rings. The van der Waals surface area contributed by atoms with E-state index in [0.717, 1.165) is 0 Å². The van der Waals surface area contributed by atoms with Crippen molar-refractivity contribution in [1.82, 2.24) is 10.6 Å². The molecule has 0 radical (unpaired) electrons. The third-order valence-corrected chi connectivity index (χ3v) is 3.66. The van der Waals surface area contributed by atoms with Gasteiger partial charge in [0.25, 0.3) is 0 Å². The fourth-order valence-corrected chi connectivity index (χ4v) is 2.57. The normalized spacial score (nSPS) is 22.2. The molecule has 1 amide bonds. The molecular formula is C14H16F4N2O2. The second kappa shape index (κ2) is 6.51. The van der Waals surface area contributed by atoms with Crippen LogP contribution in [0.4, 0.5) is 17.6 Å². The number of methoxy groups -OCH3 is 1. The molecule has 2 rings (SSSR count). The van der Waals surface area contributed by atoms with Crippen LogP contribution in [0.1, 0.15) is 17.9 Å². The quantitative estimate of drug-likeness (QED) is 0.837. The monoisotopic (exact) mass is 320 g/mol. The predicted molar refractivity (Wildman–Crippen MR) is 71.2 cm³/mol. The van der Waals surface area contributed by atoms with Crippen LogP contribution in [0, 0.1) is 5.82 Å². The Morgan fingerprint density at radius 3 is 2.73 bits per heavy atom. The average molecular weight is 320 g/mol. The average Bonchev–Trinajstić information content (AvgIpc) is 2.46. The number of carbonyl (C=O) groups is 1. The van der Waals surface area contributed by atoms with Crippen molar-refractivity contribution in [3.63, 3.8) is 0 Å². The molecule has 122 valence electrons. The van der Waals surface area contributed by atoms with Gasteiger partial charge in [0.05, 0.1) is 7.11 Å². The van der Waals surface area contributed by atoms with Crippen LogP contribution in [0.5, 0.6) is 5.75 Å². The van der Waals surface area contributed by atoms with Gasteiger partial charge in [-0.25, -0.2) is 4.39 Å². The summed E-state index contributed by atoms with van der Waals surface area (Å²) in [6.45, 7) is 0.775. The van der Waals surface area contributed by atoms with E-state index >= 15 is 0 Å². The van der Waals surface area contributed by atoms with Crippen molar-refractivity contribution in [2.75, 3.05) is 20.2 Å². The fourth-order valence-electron chi connectivity index (χ4n) is 2.57. The van der Waals surface area contributed by atoms with Crippen molar-refractivity contribution in [3.05, 3.63) is 29.6 Å². The van der Waals surface area contributed by atoms with E-state index in [2.05, 4.69) is 5.32 Å². The lowest BCUT2D eigenvalue weighted by Gasteiger charge is -2.33. The van der Waals surface area contributed by atoms with Crippen LogP contribution < -0.4 is 15.4 Å². The minimum absolute atomic E-state index is 0.0635. The summed E-state index contributed by atoms with van der Waals surface area (Å²) in [5.41, 5.74) is 0.535. The summed E-state index contributed by atoms with van der Waals surface area (Å²) >= 11 is 0. The molecule has 1 heterocycles. The Bertz CT molecular complexity index is 548. The van der Waals surface area contributed by atoms with Crippen molar-refractivity contribution in [2.45, 2.75) is 24.6 Å². The van der Waals surface area contributed by atoms with Gasteiger partial charge in [-0.05, 0) is 30.7 Å². The Morgan fingerprint density at radius 1 is 1.41 bits per heavy atom. The van der Waals surface area contributed by atoms with Gasteiger partial charge in [-0.2, -0.15) is 13.2 Å². The van der Waals surface area contributed by atoms with E-state index in [1.54, 1.807) is 6.07 Å². The number of hydrogen-bond acceptors (Lipinski definition) is 3. The number of halogens is 4. The molecule has 1 aliphatic rings. The maximum atomic E-state index is 13.8. The molecule has 0 spiro atoms. The second-order valence-electron chi connectivity index (χ2n) is 5.07. The number of nitrogens with one attached hydrogen (secondary N) is 2. The highest BCUT2D eigenvalue weighted by Crippen LogP contribution is 2.29. The van der Waals surface area contributed by atoms with Crippen LogP contribution >= 0.6 is 0 Å². The Morgan fingerprint density at radius 2 is 2.14 bits per heavy atom. The first-order chi connectivity index (χ1) is 10.3. The van der Waals surface area contributed by atoms with Gasteiger partial charge < -0.3 is 15.4 Å². The number of carbonyl (C=O) groups excluding carboxylic acids is 1. The SMILES string of the molecule is COc1ccc([C@@H]2CCNC[C@H]2NC(=O)C(F)(F)F)cc1F. The van der Waals surface area contributed by atoms with Crippen molar-refractivity contribution in [3.8, 4) is 5.75 Å². The number of benzene rings is 1. The van der Waals surface area contributed by atoms with Gasteiger partial charge in [0, 0.05) is 18.5 Å². The molecule has 8 heteroatoms. The first-order valence-electron chi connectivity index (χ1n) is 6.74. The summed E-state index contributed by atoms with van der Waals surface area (Å²) in [5.74, 6) is -2.90. The number of ether oxygens (including phenoxy) is 1. The topological polar surface area (TPSA) is 50.4 Å². The van der Waals surface area contributed by atoms with Gasteiger partial charge in [-0.3, -0.25) is 4.79 Å². The van der Waals surface area contributed by atoms with Crippen LogP contribution in [-0.4, -0.2) is 38.3 Å². The molecular weight excluding hydrogens is 304 g/mol. The van der Waals surface area contributed by atoms with Gasteiger partial charge in [-0.15, -0.1) is 0 Å². The minimum atomic E-state index is -4.94. The molecule has 0 aromatic heterocycles. The van der Waals surface area contributed by atoms with Crippen LogP contribution in [0.2, 0.25) is 0 Å². The van der Waals surface area contributed by atoms with E-state index in [9.17, 15) is 22.4 Å². The van der Waals surface area contributed by atoms with Gasteiger partial charge in [0.1, 0.15) is 0 Å². The summed E-state index contributed by atoms with van der Waals surface area (Å²) in [5, 5.41) is 4.90. The molecule has 1 aliphatic heterocycles. The van der Waals surface area contributed by atoms with Crippen LogP contribution in [0.15, 0.2) is 18.2 Å². The maximum absolute atomic E-state index is 13.8. The lowest BCUT2D eigenvalue weighted by molar-refractivity contribution is -0.174. The predicted octanol–water partition coefficient (Wildman–Crippen LogP) is 1.96. The third kappa shape index (κ3) is 3.68. The second-order valence-corrected chi connectivity index (χ2v) is 5.07. The van der Waals surface area contributed by atoms with E-state index in [-0.39, 0.29) is 12.3 Å². The summed E-state index contributed by atoms with van der Waals surface area (Å²) in [6, 6.07) is 3.51. The van der Waals surface area contributed by atoms with Crippen LogP contribution in [-0.2, 0) is 4.79 Å². The lowest BCUT2D eigenvalue weighted by Crippen LogP contribution is -2.53. The number of piperidine rings is 1. The van der Waals surface area contributed by atoms with Crippen LogP contribution in [0.3, 0.4) is 0 Å². The molecule has 2 atom stereocenters. The zero-order valence-electron chi connectivity index (χ0n) is 11.8. The highest BCUT2D eigenvalue weighted by Gasteiger charge is 2.41. The molecule has 2 N–H and O–H groups in total. The van der Waals surface area contributed by atoms with E-state index in [0.29, 0.717) is 18.5 Å². The van der Waals surface area contributed by atoms with E-state index in [1.165, 1.54) is 19.2 Å². The van der Waals surface area contributed by atoms with Gasteiger partial charge in [-0.1, -0.05) is 6.07 Å². The van der Waals surface area contributed by atoms with Gasteiger partial charge >= 0.3 is 12.1 Å². The largest absolute Gasteiger partial charge is 0.494 e. The smallest absolute Gasteiger partial charge is 0.471 e. The van der Waals surface area contributed by atoms with Crippen molar-refractivity contribution in [2.24, 2.45) is 0 Å². The summed E-state index contributed by atoms with van der Waals surface area (Å²) in [6.07, 6.45) is -4.44. The molecule has 1 saturated heterocycles. The number of alkyl halides is 3. The fraction of sp³-hybridized carbons (Fsp3) is 0.500. The Hall–Kier alpha value is -1.83. The van der Waals surface area contributed by atoms with E-state index in [1.807, 2.05) is 5.32 Å². The third-order valence-electron chi connectivity index (χ3n) is 3.66. The molecule has 0 saturated carbocycles. The molecule has 22 heavy (non-hydrogen) atoms. The number of amides is 1. The molecule has 0 aliphatic carbocycles. The summed E-state index contributed by atoms with van der Waals surface area (Å²) in [7, 11) is 1.33. The molecule has 0 unspecified atom stereocenters. The number of hydrogen-bond donors (Lipinski definition) is 2. The Balaban J connectivity index is 2.19. The van der Waals surface area contributed by atoms with Gasteiger partial charge in [0.15, 0.2) is 11.6 Å².